The van der Waals surface area contributed by atoms with Crippen molar-refractivity contribution < 1.29 is 33.1 Å². The van der Waals surface area contributed by atoms with E-state index in [1.165, 1.54) is 16.4 Å². The molecule has 4 rings (SSSR count). The number of aromatic nitrogens is 1. The van der Waals surface area contributed by atoms with Crippen LogP contribution >= 0.6 is 11.3 Å². The molecule has 2 fully saturated rings. The van der Waals surface area contributed by atoms with E-state index >= 15 is 8.78 Å². The summed E-state index contributed by atoms with van der Waals surface area (Å²) in [5, 5.41) is 16.3. The first-order valence-corrected chi connectivity index (χ1v) is 12.7. The number of hydrogen-bond donors (Lipinski definition) is 2. The fraction of sp³-hybridized carbons (Fsp3) is 0.652. The number of likely N-dealkylation sites (tertiary alicyclic amines) is 1. The van der Waals surface area contributed by atoms with E-state index in [9.17, 15) is 14.7 Å². The maximum absolute atomic E-state index is 15.2. The number of carbonyl (C=O) groups excluding carboxylic acids is 1. The first kappa shape index (κ1) is 26.6. The molecule has 0 aliphatic carbocycles. The van der Waals surface area contributed by atoms with Gasteiger partial charge in [0.1, 0.15) is 6.04 Å². The molecular formula is C23H31F2N5O5S. The number of nitrogens with zero attached hydrogens (tertiary/aromatic N) is 4. The quantitative estimate of drug-likeness (QED) is 0.466. The Morgan fingerprint density at radius 1 is 1.42 bits per heavy atom. The largest absolute Gasteiger partial charge is 0.481 e. The summed E-state index contributed by atoms with van der Waals surface area (Å²) in [7, 11) is 0. The van der Waals surface area contributed by atoms with Gasteiger partial charge in [0.15, 0.2) is 10.8 Å². The Kier molecular flexibility index (Phi) is 7.47. The van der Waals surface area contributed by atoms with Crippen molar-refractivity contribution in [3.05, 3.63) is 27.4 Å². The van der Waals surface area contributed by atoms with E-state index in [2.05, 4.69) is 15.3 Å². The summed E-state index contributed by atoms with van der Waals surface area (Å²) in [6.45, 7) is 6.55. The van der Waals surface area contributed by atoms with E-state index in [4.69, 9.17) is 9.57 Å². The maximum Gasteiger partial charge on any atom is 0.337 e. The molecule has 0 saturated carbocycles. The van der Waals surface area contributed by atoms with Crippen molar-refractivity contribution in [1.82, 2.24) is 20.3 Å². The first-order chi connectivity index (χ1) is 16.9. The van der Waals surface area contributed by atoms with Crippen molar-refractivity contribution in [2.45, 2.75) is 52.1 Å². The summed E-state index contributed by atoms with van der Waals surface area (Å²) in [6, 6.07) is -1.85. The molecule has 1 aromatic heterocycles. The third-order valence-corrected chi connectivity index (χ3v) is 7.64. The molecule has 10 nitrogen and oxygen atoms in total. The Labute approximate surface area is 211 Å². The molecule has 4 heterocycles. The first-order valence-electron chi connectivity index (χ1n) is 11.8. The molecule has 3 aliphatic heterocycles. The van der Waals surface area contributed by atoms with Crippen LogP contribution in [0.3, 0.4) is 0 Å². The monoisotopic (exact) mass is 527 g/mol. The zero-order valence-electron chi connectivity index (χ0n) is 20.7. The van der Waals surface area contributed by atoms with E-state index in [1.54, 1.807) is 25.7 Å². The number of fused-ring (bicyclic) bond motifs is 1. The summed E-state index contributed by atoms with van der Waals surface area (Å²) < 4.78 is 35.6. The van der Waals surface area contributed by atoms with Gasteiger partial charge in [0.25, 0.3) is 5.92 Å². The Morgan fingerprint density at radius 3 is 2.81 bits per heavy atom. The smallest absolute Gasteiger partial charge is 0.337 e. The van der Waals surface area contributed by atoms with Crippen LogP contribution in [-0.2, 0) is 19.2 Å². The number of aliphatic carboxylic acids is 1. The number of nitrogens with one attached hydrogen (secondary N) is 1. The van der Waals surface area contributed by atoms with Gasteiger partial charge in [0.2, 0.25) is 0 Å². The molecule has 36 heavy (non-hydrogen) atoms. The normalized spacial score (nSPS) is 24.4. The topological polar surface area (TPSA) is 117 Å². The van der Waals surface area contributed by atoms with Gasteiger partial charge >= 0.3 is 11.9 Å². The van der Waals surface area contributed by atoms with Gasteiger partial charge in [-0.3, -0.25) is 19.5 Å². The van der Waals surface area contributed by atoms with Gasteiger partial charge in [-0.15, -0.1) is 11.3 Å². The molecule has 0 amide bonds. The third kappa shape index (κ3) is 5.29. The number of hydroxylamine groups is 2. The predicted octanol–water partition coefficient (Wildman–Crippen LogP) is 2.05. The number of alkyl halides is 2. The minimum absolute atomic E-state index is 0.0440. The van der Waals surface area contributed by atoms with Crippen LogP contribution in [0.5, 0.6) is 0 Å². The summed E-state index contributed by atoms with van der Waals surface area (Å²) in [6.07, 6.45) is 0.161. The molecule has 13 heteroatoms. The van der Waals surface area contributed by atoms with Crippen LogP contribution in [0, 0.1) is 12.3 Å². The number of thiazole rings is 1. The Morgan fingerprint density at radius 2 is 2.17 bits per heavy atom. The minimum Gasteiger partial charge on any atom is -0.481 e. The number of hydrogen-bond acceptors (Lipinski definition) is 10. The molecule has 198 valence electrons. The van der Waals surface area contributed by atoms with Crippen LogP contribution in [0.2, 0.25) is 0 Å². The van der Waals surface area contributed by atoms with Crippen LogP contribution in [0.1, 0.15) is 37.9 Å². The number of carboxylic acid groups (broad SMARTS) is 1. The van der Waals surface area contributed by atoms with E-state index in [1.807, 2.05) is 12.3 Å². The molecule has 2 N–H and O–H groups in total. The van der Waals surface area contributed by atoms with E-state index in [-0.39, 0.29) is 39.3 Å². The molecule has 2 atom stereocenters. The van der Waals surface area contributed by atoms with Gasteiger partial charge in [-0.05, 0) is 34.1 Å². The molecule has 1 aromatic rings. The molecule has 0 aromatic carbocycles. The lowest BCUT2D eigenvalue weighted by Crippen LogP contribution is -2.46. The average Bonchev–Trinajstić information content (AvgIpc) is 3.49. The lowest BCUT2D eigenvalue weighted by atomic mass is 9.89. The second kappa shape index (κ2) is 10.1. The number of aliphatic imine (C=N–C) groups is 1. The molecule has 2 saturated heterocycles. The second-order valence-corrected chi connectivity index (χ2v) is 10.7. The highest BCUT2D eigenvalue weighted by Gasteiger charge is 2.60. The predicted molar refractivity (Wildman–Crippen MR) is 128 cm³/mol. The zero-order valence-corrected chi connectivity index (χ0v) is 21.5. The molecule has 0 spiro atoms. The number of rotatable bonds is 9. The van der Waals surface area contributed by atoms with Gasteiger partial charge in [0, 0.05) is 29.9 Å². The fourth-order valence-electron chi connectivity index (χ4n) is 4.53. The van der Waals surface area contributed by atoms with Gasteiger partial charge in [-0.1, -0.05) is 0 Å². The fourth-order valence-corrected chi connectivity index (χ4v) is 5.29. The maximum atomic E-state index is 15.2. The van der Waals surface area contributed by atoms with E-state index in [0.717, 1.165) is 5.69 Å². The third-order valence-electron chi connectivity index (χ3n) is 6.67. The van der Waals surface area contributed by atoms with E-state index < -0.39 is 41.9 Å². The van der Waals surface area contributed by atoms with Gasteiger partial charge in [-0.25, -0.2) is 18.6 Å². The second-order valence-electron chi connectivity index (χ2n) is 9.82. The highest BCUT2D eigenvalue weighted by atomic mass is 32.1. The lowest BCUT2D eigenvalue weighted by Gasteiger charge is -2.28. The van der Waals surface area contributed by atoms with Crippen molar-refractivity contribution in [3.8, 4) is 0 Å². The Balaban J connectivity index is 1.53. The van der Waals surface area contributed by atoms with Gasteiger partial charge < -0.3 is 15.2 Å². The molecule has 0 bridgehead atoms. The van der Waals surface area contributed by atoms with Gasteiger partial charge in [0.05, 0.1) is 43.3 Å². The highest BCUT2D eigenvalue weighted by molar-refractivity contribution is 7.11. The summed E-state index contributed by atoms with van der Waals surface area (Å²) in [4.78, 5) is 40.1. The average molecular weight is 528 g/mol. The van der Waals surface area contributed by atoms with Crippen molar-refractivity contribution in [2.75, 3.05) is 39.4 Å². The number of esters is 1. The van der Waals surface area contributed by atoms with Crippen LogP contribution in [-0.4, -0.2) is 95.2 Å². The lowest BCUT2D eigenvalue weighted by molar-refractivity contribution is -0.186. The number of halogens is 2. The standard InChI is InChI=1S/C23H31F2N5O5S/c1-5-34-20(31)14-8-26-18(19-27-13(2)11-36-19)28-15(14)9-29-12-23(24,25)17-16(29)10-35-30(17)7-6-22(3,4)21(32)33/h11,16-17H,5-10,12H2,1-4H3,(H,26,28)(H,32,33). The Bertz CT molecular complexity index is 1090. The minimum atomic E-state index is -3.09. The van der Waals surface area contributed by atoms with Crippen molar-refractivity contribution in [3.63, 3.8) is 0 Å². The van der Waals surface area contributed by atoms with Crippen LogP contribution < -0.4 is 5.32 Å². The Hall–Kier alpha value is -2.48. The number of ether oxygens (including phenoxy) is 1. The van der Waals surface area contributed by atoms with Crippen molar-refractivity contribution in [2.24, 2.45) is 10.4 Å². The molecular weight excluding hydrogens is 496 g/mol. The SMILES string of the molecule is CCOC(=O)C1=C(CN2CC(F)(F)C3C2CON3CCC(C)(C)C(=O)O)NC(c2nc(C)cs2)=NC1. The number of amidine groups is 1. The summed E-state index contributed by atoms with van der Waals surface area (Å²) in [5.41, 5.74) is 0.509. The number of aryl methyl sites for hydroxylation is 1. The molecule has 3 aliphatic rings. The van der Waals surface area contributed by atoms with Crippen LogP contribution in [0.25, 0.3) is 0 Å². The number of carbonyl (C=O) groups is 2. The van der Waals surface area contributed by atoms with Crippen LogP contribution in [0.4, 0.5) is 8.78 Å². The zero-order chi connectivity index (χ0) is 26.3. The van der Waals surface area contributed by atoms with Gasteiger partial charge in [-0.2, -0.15) is 5.06 Å². The molecule has 0 radical (unpaired) electrons. The number of carboxylic acids is 1. The van der Waals surface area contributed by atoms with Crippen molar-refractivity contribution >= 4 is 29.1 Å². The van der Waals surface area contributed by atoms with Crippen LogP contribution in [0.15, 0.2) is 21.6 Å². The highest BCUT2D eigenvalue weighted by Crippen LogP contribution is 2.41. The van der Waals surface area contributed by atoms with E-state index in [0.29, 0.717) is 22.1 Å². The molecule has 2 unspecified atom stereocenters. The summed E-state index contributed by atoms with van der Waals surface area (Å²) >= 11 is 1.40. The summed E-state index contributed by atoms with van der Waals surface area (Å²) in [5.74, 6) is -4.13. The van der Waals surface area contributed by atoms with Crippen molar-refractivity contribution in [1.29, 1.82) is 0 Å².